The van der Waals surface area contributed by atoms with Gasteiger partial charge in [-0.2, -0.15) is 0 Å². The Hall–Kier alpha value is -2.60. The van der Waals surface area contributed by atoms with E-state index in [1.807, 2.05) is 24.3 Å². The fourth-order valence-corrected chi connectivity index (χ4v) is 2.91. The molecule has 0 atom stereocenters. The summed E-state index contributed by atoms with van der Waals surface area (Å²) in [6.45, 7) is 6.74. The zero-order valence-corrected chi connectivity index (χ0v) is 13.9. The van der Waals surface area contributed by atoms with Crippen LogP contribution in [0.3, 0.4) is 0 Å². The van der Waals surface area contributed by atoms with Crippen LogP contribution in [-0.4, -0.2) is 37.2 Å². The predicted octanol–water partition coefficient (Wildman–Crippen LogP) is 2.08. The summed E-state index contributed by atoms with van der Waals surface area (Å²) in [6, 6.07) is 9.42. The second kappa shape index (κ2) is 6.88. The normalized spacial score (nSPS) is 14.5. The number of benzene rings is 1. The molecule has 24 heavy (non-hydrogen) atoms. The van der Waals surface area contributed by atoms with Gasteiger partial charge >= 0.3 is 0 Å². The van der Waals surface area contributed by atoms with Crippen LogP contribution in [0.15, 0.2) is 35.1 Å². The standard InChI is InChI=1S/C18H21N3O3/c1-12-11-13(2)19-17(22)16(12)18(23)20-14-3-5-15(6-4-14)21-7-9-24-10-8-21/h3-6,11H,7-10H2,1-2H3,(H,19,22)(H,20,23). The molecule has 1 aromatic carbocycles. The molecule has 0 bridgehead atoms. The molecule has 0 spiro atoms. The highest BCUT2D eigenvalue weighted by molar-refractivity contribution is 6.05. The Labute approximate surface area is 140 Å². The topological polar surface area (TPSA) is 74.4 Å². The molecule has 1 aromatic heterocycles. The summed E-state index contributed by atoms with van der Waals surface area (Å²) >= 11 is 0. The van der Waals surface area contributed by atoms with E-state index in [4.69, 9.17) is 4.74 Å². The molecule has 2 N–H and O–H groups in total. The number of amides is 1. The van der Waals surface area contributed by atoms with E-state index >= 15 is 0 Å². The third-order valence-corrected chi connectivity index (χ3v) is 4.09. The molecule has 1 aliphatic heterocycles. The zero-order chi connectivity index (χ0) is 17.1. The predicted molar refractivity (Wildman–Crippen MR) is 94.0 cm³/mol. The lowest BCUT2D eigenvalue weighted by Gasteiger charge is -2.28. The van der Waals surface area contributed by atoms with Gasteiger partial charge in [0, 0.05) is 30.2 Å². The molecule has 6 nitrogen and oxygen atoms in total. The van der Waals surface area contributed by atoms with Crippen LogP contribution in [0.4, 0.5) is 11.4 Å². The maximum Gasteiger partial charge on any atom is 0.261 e. The number of pyridine rings is 1. The molecule has 1 amide bonds. The number of nitrogens with one attached hydrogen (secondary N) is 2. The van der Waals surface area contributed by atoms with Crippen LogP contribution in [0, 0.1) is 13.8 Å². The van der Waals surface area contributed by atoms with E-state index in [1.165, 1.54) is 0 Å². The van der Waals surface area contributed by atoms with Crippen molar-refractivity contribution < 1.29 is 9.53 Å². The molecule has 2 heterocycles. The van der Waals surface area contributed by atoms with E-state index in [0.717, 1.165) is 37.7 Å². The maximum atomic E-state index is 12.4. The SMILES string of the molecule is Cc1cc(C)c(C(=O)Nc2ccc(N3CCOCC3)cc2)c(=O)[nH]1. The van der Waals surface area contributed by atoms with Gasteiger partial charge in [0.25, 0.3) is 11.5 Å². The van der Waals surface area contributed by atoms with Crippen LogP contribution in [0.5, 0.6) is 0 Å². The van der Waals surface area contributed by atoms with Gasteiger partial charge in [-0.3, -0.25) is 9.59 Å². The summed E-state index contributed by atoms with van der Waals surface area (Å²) in [7, 11) is 0. The lowest BCUT2D eigenvalue weighted by atomic mass is 10.1. The molecule has 6 heteroatoms. The molecule has 1 saturated heterocycles. The Kier molecular flexibility index (Phi) is 4.66. The molecular formula is C18H21N3O3. The Morgan fingerprint density at radius 2 is 1.83 bits per heavy atom. The quantitative estimate of drug-likeness (QED) is 0.905. The molecule has 1 fully saturated rings. The van der Waals surface area contributed by atoms with Crippen molar-refractivity contribution in [3.05, 3.63) is 57.5 Å². The fraction of sp³-hybridized carbons (Fsp3) is 0.333. The van der Waals surface area contributed by atoms with Crippen molar-refractivity contribution in [3.8, 4) is 0 Å². The Morgan fingerprint density at radius 3 is 2.46 bits per heavy atom. The minimum absolute atomic E-state index is 0.151. The average molecular weight is 327 g/mol. The second-order valence-electron chi connectivity index (χ2n) is 5.94. The Balaban J connectivity index is 1.74. The summed E-state index contributed by atoms with van der Waals surface area (Å²) in [4.78, 5) is 29.3. The van der Waals surface area contributed by atoms with E-state index in [2.05, 4.69) is 15.2 Å². The number of aryl methyl sites for hydroxylation is 2. The second-order valence-corrected chi connectivity index (χ2v) is 5.94. The lowest BCUT2D eigenvalue weighted by molar-refractivity contribution is 0.102. The molecule has 0 saturated carbocycles. The fourth-order valence-electron chi connectivity index (χ4n) is 2.91. The van der Waals surface area contributed by atoms with E-state index in [-0.39, 0.29) is 11.1 Å². The number of hydrogen-bond acceptors (Lipinski definition) is 4. The molecule has 1 aliphatic rings. The molecule has 126 valence electrons. The van der Waals surface area contributed by atoms with Gasteiger partial charge in [0.1, 0.15) is 5.56 Å². The number of carbonyl (C=O) groups excluding carboxylic acids is 1. The lowest BCUT2D eigenvalue weighted by Crippen LogP contribution is -2.36. The van der Waals surface area contributed by atoms with E-state index in [9.17, 15) is 9.59 Å². The first-order chi connectivity index (χ1) is 11.5. The van der Waals surface area contributed by atoms with E-state index in [1.54, 1.807) is 19.9 Å². The van der Waals surface area contributed by atoms with Crippen LogP contribution in [-0.2, 0) is 4.74 Å². The number of hydrogen-bond donors (Lipinski definition) is 2. The first kappa shape index (κ1) is 16.3. The minimum atomic E-state index is -0.395. The van der Waals surface area contributed by atoms with Crippen molar-refractivity contribution in [1.82, 2.24) is 4.98 Å². The first-order valence-corrected chi connectivity index (χ1v) is 7.99. The molecule has 2 aromatic rings. The van der Waals surface area contributed by atoms with Gasteiger partial charge in [-0.25, -0.2) is 0 Å². The average Bonchev–Trinajstić information content (AvgIpc) is 2.55. The van der Waals surface area contributed by atoms with Crippen LogP contribution in [0.1, 0.15) is 21.6 Å². The molecule has 0 aliphatic carbocycles. The number of morpholine rings is 1. The number of rotatable bonds is 3. The van der Waals surface area contributed by atoms with Crippen LogP contribution < -0.4 is 15.8 Å². The van der Waals surface area contributed by atoms with Crippen molar-refractivity contribution in [3.63, 3.8) is 0 Å². The van der Waals surface area contributed by atoms with Crippen molar-refractivity contribution in [2.75, 3.05) is 36.5 Å². The minimum Gasteiger partial charge on any atom is -0.378 e. The monoisotopic (exact) mass is 327 g/mol. The zero-order valence-electron chi connectivity index (χ0n) is 13.9. The number of aromatic nitrogens is 1. The largest absolute Gasteiger partial charge is 0.378 e. The number of anilines is 2. The third-order valence-electron chi connectivity index (χ3n) is 4.09. The number of carbonyl (C=O) groups is 1. The van der Waals surface area contributed by atoms with Crippen molar-refractivity contribution >= 4 is 17.3 Å². The van der Waals surface area contributed by atoms with Gasteiger partial charge in [0.15, 0.2) is 0 Å². The molecular weight excluding hydrogens is 306 g/mol. The molecule has 0 radical (unpaired) electrons. The van der Waals surface area contributed by atoms with Gasteiger partial charge in [0.05, 0.1) is 13.2 Å². The molecule has 0 unspecified atom stereocenters. The third kappa shape index (κ3) is 3.49. The highest BCUT2D eigenvalue weighted by Crippen LogP contribution is 2.19. The van der Waals surface area contributed by atoms with Gasteiger partial charge < -0.3 is 19.9 Å². The summed E-state index contributed by atoms with van der Waals surface area (Å²) in [5.74, 6) is -0.395. The number of nitrogens with zero attached hydrogens (tertiary/aromatic N) is 1. The summed E-state index contributed by atoms with van der Waals surface area (Å²) in [6.07, 6.45) is 0. The van der Waals surface area contributed by atoms with Gasteiger partial charge in [-0.05, 0) is 49.7 Å². The number of H-pyrrole nitrogens is 1. The summed E-state index contributed by atoms with van der Waals surface area (Å²) in [5, 5.41) is 2.79. The van der Waals surface area contributed by atoms with Crippen LogP contribution >= 0.6 is 0 Å². The Bertz CT molecular complexity index is 790. The highest BCUT2D eigenvalue weighted by atomic mass is 16.5. The van der Waals surface area contributed by atoms with Crippen molar-refractivity contribution in [2.45, 2.75) is 13.8 Å². The van der Waals surface area contributed by atoms with E-state index < -0.39 is 5.91 Å². The smallest absolute Gasteiger partial charge is 0.261 e. The number of ether oxygens (including phenoxy) is 1. The first-order valence-electron chi connectivity index (χ1n) is 7.99. The summed E-state index contributed by atoms with van der Waals surface area (Å²) < 4.78 is 5.35. The highest BCUT2D eigenvalue weighted by Gasteiger charge is 2.15. The number of aromatic amines is 1. The van der Waals surface area contributed by atoms with Crippen molar-refractivity contribution in [1.29, 1.82) is 0 Å². The van der Waals surface area contributed by atoms with Gasteiger partial charge in [-0.1, -0.05) is 0 Å². The van der Waals surface area contributed by atoms with Crippen LogP contribution in [0.25, 0.3) is 0 Å². The summed E-state index contributed by atoms with van der Waals surface area (Å²) in [5.41, 5.74) is 2.95. The van der Waals surface area contributed by atoms with Crippen molar-refractivity contribution in [2.24, 2.45) is 0 Å². The maximum absolute atomic E-state index is 12.4. The molecule has 3 rings (SSSR count). The van der Waals surface area contributed by atoms with E-state index in [0.29, 0.717) is 11.3 Å². The van der Waals surface area contributed by atoms with Gasteiger partial charge in [0.2, 0.25) is 0 Å². The van der Waals surface area contributed by atoms with Gasteiger partial charge in [-0.15, -0.1) is 0 Å². The Morgan fingerprint density at radius 1 is 1.17 bits per heavy atom. The van der Waals surface area contributed by atoms with Crippen LogP contribution in [0.2, 0.25) is 0 Å².